The summed E-state index contributed by atoms with van der Waals surface area (Å²) in [7, 11) is 0. The molecule has 0 spiro atoms. The van der Waals surface area contributed by atoms with Crippen LogP contribution in [0.15, 0.2) is 89.3 Å². The fourth-order valence-corrected chi connectivity index (χ4v) is 3.07. The molecule has 2 bridgehead atoms. The second-order valence-electron chi connectivity index (χ2n) is 6.32. The van der Waals surface area contributed by atoms with Gasteiger partial charge in [0.05, 0.1) is 12.2 Å². The normalized spacial score (nSPS) is 13.2. The molecule has 2 aromatic heterocycles. The van der Waals surface area contributed by atoms with Crippen molar-refractivity contribution in [3.8, 4) is 0 Å². The smallest absolute Gasteiger partial charge is 0.127 e. The highest BCUT2D eigenvalue weighted by Gasteiger charge is 2.16. The molecule has 0 aliphatic heterocycles. The van der Waals surface area contributed by atoms with Gasteiger partial charge in [0.1, 0.15) is 11.2 Å². The molecule has 0 radical (unpaired) electrons. The molecular formula is C24H26O2. The lowest BCUT2D eigenvalue weighted by Crippen LogP contribution is -2.09. The highest BCUT2D eigenvalue weighted by molar-refractivity contribution is 5.59. The van der Waals surface area contributed by atoms with Crippen molar-refractivity contribution in [1.82, 2.24) is 0 Å². The van der Waals surface area contributed by atoms with Gasteiger partial charge in [-0.15, -0.1) is 0 Å². The summed E-state index contributed by atoms with van der Waals surface area (Å²) in [5.74, 6) is 0. The summed E-state index contributed by atoms with van der Waals surface area (Å²) < 4.78 is 11.4. The summed E-state index contributed by atoms with van der Waals surface area (Å²) in [6, 6.07) is 28.8. The van der Waals surface area contributed by atoms with E-state index < -0.39 is 0 Å². The zero-order chi connectivity index (χ0) is 18.2. The number of furan rings is 2. The molecule has 134 valence electrons. The highest BCUT2D eigenvalue weighted by atomic mass is 16.5. The molecule has 2 heterocycles. The first kappa shape index (κ1) is 18.2. The van der Waals surface area contributed by atoms with Gasteiger partial charge >= 0.3 is 0 Å². The number of benzene rings is 3. The van der Waals surface area contributed by atoms with Gasteiger partial charge in [-0.3, -0.25) is 0 Å². The summed E-state index contributed by atoms with van der Waals surface area (Å²) in [6.07, 6.45) is 2.33. The lowest BCUT2D eigenvalue weighted by atomic mass is 10.0. The Kier molecular flexibility index (Phi) is 6.45. The molecule has 4 aromatic rings. The average molecular weight is 346 g/mol. The molecule has 2 aromatic carbocycles. The maximum absolute atomic E-state index is 6.32. The Morgan fingerprint density at radius 2 is 1.00 bits per heavy atom. The van der Waals surface area contributed by atoms with Crippen LogP contribution in [-0.4, -0.2) is 0 Å². The van der Waals surface area contributed by atoms with Gasteiger partial charge in [-0.05, 0) is 48.2 Å². The summed E-state index contributed by atoms with van der Waals surface area (Å²) >= 11 is 0. The van der Waals surface area contributed by atoms with Gasteiger partial charge in [0.25, 0.3) is 0 Å². The van der Waals surface area contributed by atoms with Crippen molar-refractivity contribution in [3.05, 3.63) is 96.1 Å². The molecular weight excluding hydrogens is 320 g/mol. The zero-order valence-electron chi connectivity index (χ0n) is 15.5. The fraction of sp³-hybridized carbons (Fsp3) is 0.250. The van der Waals surface area contributed by atoms with Crippen LogP contribution in [0.4, 0.5) is 0 Å². The second-order valence-corrected chi connectivity index (χ2v) is 6.32. The monoisotopic (exact) mass is 346 g/mol. The van der Waals surface area contributed by atoms with Gasteiger partial charge < -0.3 is 9.15 Å². The first-order valence-electron chi connectivity index (χ1n) is 9.33. The van der Waals surface area contributed by atoms with Crippen LogP contribution in [0.3, 0.4) is 0 Å². The van der Waals surface area contributed by atoms with Crippen molar-refractivity contribution in [1.29, 1.82) is 0 Å². The minimum atomic E-state index is 0.173. The van der Waals surface area contributed by atoms with Crippen molar-refractivity contribution in [3.63, 3.8) is 0 Å². The molecule has 26 heavy (non-hydrogen) atoms. The van der Waals surface area contributed by atoms with Crippen molar-refractivity contribution in [2.24, 2.45) is 0 Å². The molecule has 2 atom stereocenters. The Bertz CT molecular complexity index is 761. The topological polar surface area (TPSA) is 22.4 Å². The van der Waals surface area contributed by atoms with E-state index in [9.17, 15) is 0 Å². The van der Waals surface area contributed by atoms with E-state index in [1.165, 1.54) is 11.1 Å². The predicted octanol–water partition coefficient (Wildman–Crippen LogP) is 7.18. The van der Waals surface area contributed by atoms with E-state index in [0.717, 1.165) is 24.0 Å². The Balaban J connectivity index is 0.000000229. The average Bonchev–Trinajstić information content (AvgIpc) is 3.37. The number of ether oxygens (including phenoxy) is 1. The van der Waals surface area contributed by atoms with Gasteiger partial charge in [0.15, 0.2) is 0 Å². The van der Waals surface area contributed by atoms with Crippen LogP contribution < -0.4 is 0 Å². The van der Waals surface area contributed by atoms with E-state index >= 15 is 0 Å². The third kappa shape index (κ3) is 4.74. The standard InChI is InChI=1S/C18H22O.C6H4O/c1-3-17(15-11-7-5-8-12-15)19-18(4-2)16-13-9-6-10-14-16;1-2-6-4-3-5(1)7-6/h5-14,17-18H,3-4H2,1-2H3;1-4H. The van der Waals surface area contributed by atoms with E-state index in [1.54, 1.807) is 0 Å². The fourth-order valence-electron chi connectivity index (χ4n) is 3.07. The van der Waals surface area contributed by atoms with Crippen LogP contribution in [0.1, 0.15) is 50.0 Å². The molecule has 0 saturated carbocycles. The van der Waals surface area contributed by atoms with Gasteiger partial charge in [-0.2, -0.15) is 0 Å². The van der Waals surface area contributed by atoms with Crippen molar-refractivity contribution >= 4 is 11.2 Å². The Morgan fingerprint density at radius 3 is 1.27 bits per heavy atom. The molecule has 0 saturated heterocycles. The van der Waals surface area contributed by atoms with Gasteiger partial charge in [-0.25, -0.2) is 0 Å². The molecule has 0 N–H and O–H groups in total. The maximum atomic E-state index is 6.32. The molecule has 0 aliphatic rings. The Hall–Kier alpha value is -2.58. The third-order valence-corrected chi connectivity index (χ3v) is 4.47. The molecule has 2 heteroatoms. The van der Waals surface area contributed by atoms with E-state index in [-0.39, 0.29) is 12.2 Å². The zero-order valence-corrected chi connectivity index (χ0v) is 15.5. The van der Waals surface area contributed by atoms with Crippen molar-refractivity contribution in [2.75, 3.05) is 0 Å². The molecule has 2 nitrogen and oxygen atoms in total. The number of fused-ring (bicyclic) bond motifs is 2. The number of hydrogen-bond donors (Lipinski definition) is 0. The summed E-state index contributed by atoms with van der Waals surface area (Å²) in [5, 5.41) is 0. The summed E-state index contributed by atoms with van der Waals surface area (Å²) in [4.78, 5) is 0. The summed E-state index contributed by atoms with van der Waals surface area (Å²) in [5.41, 5.74) is 4.46. The maximum Gasteiger partial charge on any atom is 0.127 e. The lowest BCUT2D eigenvalue weighted by Gasteiger charge is -2.24. The SMILES string of the molecule is CCC(OC(CC)c1ccccc1)c1ccccc1.c1cc2ccc1o2. The van der Waals surface area contributed by atoms with E-state index in [2.05, 4.69) is 62.4 Å². The number of rotatable bonds is 6. The molecule has 0 aliphatic carbocycles. The Morgan fingerprint density at radius 1 is 0.615 bits per heavy atom. The van der Waals surface area contributed by atoms with E-state index in [4.69, 9.17) is 9.15 Å². The van der Waals surface area contributed by atoms with Crippen LogP contribution >= 0.6 is 0 Å². The van der Waals surface area contributed by atoms with Crippen molar-refractivity contribution < 1.29 is 9.15 Å². The lowest BCUT2D eigenvalue weighted by molar-refractivity contribution is -0.0192. The largest absolute Gasteiger partial charge is 0.457 e. The Labute approximate surface area is 155 Å². The van der Waals surface area contributed by atoms with Crippen LogP contribution in [0.25, 0.3) is 11.2 Å². The van der Waals surface area contributed by atoms with E-state index in [0.29, 0.717) is 0 Å². The number of hydrogen-bond acceptors (Lipinski definition) is 2. The highest BCUT2D eigenvalue weighted by Crippen LogP contribution is 2.30. The van der Waals surface area contributed by atoms with Crippen LogP contribution in [0, 0.1) is 0 Å². The first-order valence-corrected chi connectivity index (χ1v) is 9.33. The molecule has 2 unspecified atom stereocenters. The molecule has 0 fully saturated rings. The third-order valence-electron chi connectivity index (χ3n) is 4.47. The predicted molar refractivity (Wildman–Crippen MR) is 107 cm³/mol. The second kappa shape index (κ2) is 9.21. The van der Waals surface area contributed by atoms with E-state index in [1.807, 2.05) is 36.4 Å². The van der Waals surface area contributed by atoms with Gasteiger partial charge in [0, 0.05) is 0 Å². The van der Waals surface area contributed by atoms with Crippen LogP contribution in [-0.2, 0) is 4.74 Å². The van der Waals surface area contributed by atoms with Crippen LogP contribution in [0.2, 0.25) is 0 Å². The summed E-state index contributed by atoms with van der Waals surface area (Å²) in [6.45, 7) is 4.35. The van der Waals surface area contributed by atoms with Gasteiger partial charge in [0.2, 0.25) is 0 Å². The minimum Gasteiger partial charge on any atom is -0.457 e. The first-order chi connectivity index (χ1) is 12.8. The van der Waals surface area contributed by atoms with Crippen molar-refractivity contribution in [2.45, 2.75) is 38.9 Å². The quantitative estimate of drug-likeness (QED) is 0.369. The van der Waals surface area contributed by atoms with Gasteiger partial charge in [-0.1, -0.05) is 74.5 Å². The molecule has 0 amide bonds. The van der Waals surface area contributed by atoms with Crippen LogP contribution in [0.5, 0.6) is 0 Å². The minimum absolute atomic E-state index is 0.173. The molecule has 4 rings (SSSR count).